The van der Waals surface area contributed by atoms with Crippen LogP contribution in [0.4, 0.5) is 0 Å². The molecule has 5 rings (SSSR count). The van der Waals surface area contributed by atoms with Crippen molar-refractivity contribution in [1.29, 1.82) is 0 Å². The van der Waals surface area contributed by atoms with Crippen molar-refractivity contribution in [3.8, 4) is 0 Å². The molecule has 1 saturated heterocycles. The Morgan fingerprint density at radius 1 is 0.804 bits per heavy atom. The molecule has 0 amide bonds. The van der Waals surface area contributed by atoms with Crippen molar-refractivity contribution < 1.29 is 67.0 Å². The maximum Gasteiger partial charge on any atom is 0.338 e. The molecule has 1 heterocycles. The Morgan fingerprint density at radius 2 is 1.37 bits per heavy atom. The van der Waals surface area contributed by atoms with E-state index < -0.39 is 100 Å². The minimum absolute atomic E-state index is 0.0482. The molecule has 4 aliphatic rings. The van der Waals surface area contributed by atoms with Crippen LogP contribution < -0.4 is 0 Å². The molecular formula is C37H46O14. The molecule has 0 spiro atoms. The lowest BCUT2D eigenvalue weighted by atomic mass is 9.49. The van der Waals surface area contributed by atoms with Gasteiger partial charge in [-0.1, -0.05) is 25.1 Å². The van der Waals surface area contributed by atoms with Crippen LogP contribution in [0.1, 0.15) is 85.5 Å². The van der Waals surface area contributed by atoms with Crippen molar-refractivity contribution in [3.63, 3.8) is 0 Å². The van der Waals surface area contributed by atoms with Crippen molar-refractivity contribution in [1.82, 2.24) is 0 Å². The smallest absolute Gasteiger partial charge is 0.338 e. The zero-order valence-corrected chi connectivity index (χ0v) is 30.3. The van der Waals surface area contributed by atoms with Gasteiger partial charge in [0.05, 0.1) is 34.5 Å². The molecule has 1 aliphatic heterocycles. The first-order chi connectivity index (χ1) is 23.7. The highest BCUT2D eigenvalue weighted by molar-refractivity contribution is 5.89. The quantitative estimate of drug-likeness (QED) is 0.235. The minimum Gasteiger partial charge on any atom is -0.462 e. The molecule has 278 valence electrons. The van der Waals surface area contributed by atoms with Gasteiger partial charge in [-0.25, -0.2) is 4.79 Å². The third-order valence-corrected chi connectivity index (χ3v) is 11.1. The number of hydrogen-bond acceptors (Lipinski definition) is 14. The Morgan fingerprint density at radius 3 is 1.86 bits per heavy atom. The standard InChI is InChI=1S/C37H46O14/c1-18-25(46-19(2)38)16-36(34(7,8)44)28(18)29(50-33(43)24-13-11-10-12-14-24)31(48-21(4)40)35(9)26(47-20(3)39)15-27-37(17-45-27,51-23(6)42)30(35)32(36)49-22(5)41/h10-14,25-27,29-32,44H,15-17H2,1-9H3/t25-,26-,27+,29+,30-,31-,32-,35+,36-,37-/m0/s1. The van der Waals surface area contributed by atoms with Gasteiger partial charge in [-0.2, -0.15) is 0 Å². The van der Waals surface area contributed by atoms with E-state index in [9.17, 15) is 33.9 Å². The predicted octanol–water partition coefficient (Wildman–Crippen LogP) is 3.16. The van der Waals surface area contributed by atoms with E-state index in [-0.39, 0.29) is 30.6 Å². The van der Waals surface area contributed by atoms with Gasteiger partial charge in [0, 0.05) is 47.5 Å². The third kappa shape index (κ3) is 6.19. The normalized spacial score (nSPS) is 35.4. The van der Waals surface area contributed by atoms with Crippen LogP contribution in [0.5, 0.6) is 0 Å². The lowest BCUT2D eigenvalue weighted by Crippen LogP contribution is -2.79. The van der Waals surface area contributed by atoms with Crippen molar-refractivity contribution >= 4 is 35.8 Å². The number of carbonyl (C=O) groups is 6. The minimum atomic E-state index is -1.88. The monoisotopic (exact) mass is 714 g/mol. The first-order valence-electron chi connectivity index (χ1n) is 16.9. The molecule has 14 nitrogen and oxygen atoms in total. The number of aliphatic hydroxyl groups is 1. The lowest BCUT2D eigenvalue weighted by Gasteiger charge is -2.65. The Kier molecular flexibility index (Phi) is 9.93. The van der Waals surface area contributed by atoms with Crippen molar-refractivity contribution in [2.24, 2.45) is 16.7 Å². The molecule has 0 unspecified atom stereocenters. The van der Waals surface area contributed by atoms with E-state index in [1.807, 2.05) is 0 Å². The Hall–Kier alpha value is -4.30. The summed E-state index contributed by atoms with van der Waals surface area (Å²) in [5.41, 5.74) is -6.26. The summed E-state index contributed by atoms with van der Waals surface area (Å²) in [5, 5.41) is 12.5. The molecule has 2 saturated carbocycles. The van der Waals surface area contributed by atoms with E-state index in [2.05, 4.69) is 0 Å². The van der Waals surface area contributed by atoms with E-state index in [0.717, 1.165) is 6.92 Å². The van der Waals surface area contributed by atoms with Gasteiger partial charge in [0.15, 0.2) is 17.8 Å². The zero-order chi connectivity index (χ0) is 37.8. The molecule has 3 aliphatic carbocycles. The van der Waals surface area contributed by atoms with Gasteiger partial charge in [-0.3, -0.25) is 24.0 Å². The first kappa shape index (κ1) is 37.9. The SMILES string of the molecule is CC(=O)O[C@H]1C[C@]2(C(C)(C)O)C(=C1C)[C@@H](OC(=O)c1ccccc1)[C@H](OC(C)=O)[C@]1(C)[C@@H](OC(C)=O)C[C@H]3OC[C@@]3(OC(C)=O)[C@H]1[C@@H]2OC(C)=O. The fourth-order valence-electron chi connectivity index (χ4n) is 9.28. The molecule has 3 fully saturated rings. The zero-order valence-electron chi connectivity index (χ0n) is 30.3. The number of benzene rings is 1. The summed E-state index contributed by atoms with van der Waals surface area (Å²) >= 11 is 0. The molecule has 0 bridgehead atoms. The molecule has 1 aromatic carbocycles. The first-order valence-corrected chi connectivity index (χ1v) is 16.9. The molecule has 51 heavy (non-hydrogen) atoms. The molecule has 0 aromatic heterocycles. The van der Waals surface area contributed by atoms with Gasteiger partial charge in [-0.15, -0.1) is 0 Å². The molecule has 14 heteroatoms. The van der Waals surface area contributed by atoms with Crippen LogP contribution in [0.2, 0.25) is 0 Å². The van der Waals surface area contributed by atoms with Crippen LogP contribution in [-0.2, 0) is 57.1 Å². The van der Waals surface area contributed by atoms with Crippen LogP contribution in [-0.4, -0.2) is 95.4 Å². The van der Waals surface area contributed by atoms with Crippen LogP contribution in [0.15, 0.2) is 41.5 Å². The highest BCUT2D eigenvalue weighted by Gasteiger charge is 2.81. The molecule has 1 aromatic rings. The summed E-state index contributed by atoms with van der Waals surface area (Å²) in [6, 6.07) is 8.04. The van der Waals surface area contributed by atoms with E-state index in [4.69, 9.17) is 33.2 Å². The number of esters is 6. The summed E-state index contributed by atoms with van der Waals surface area (Å²) in [7, 11) is 0. The topological polar surface area (TPSA) is 187 Å². The summed E-state index contributed by atoms with van der Waals surface area (Å²) < 4.78 is 42.8. The van der Waals surface area contributed by atoms with E-state index in [1.165, 1.54) is 53.7 Å². The summed E-state index contributed by atoms with van der Waals surface area (Å²) in [6.45, 7) is 12.0. The van der Waals surface area contributed by atoms with E-state index in [1.54, 1.807) is 32.0 Å². The molecule has 0 radical (unpaired) electrons. The highest BCUT2D eigenvalue weighted by atomic mass is 16.6. The van der Waals surface area contributed by atoms with Gasteiger partial charge < -0.3 is 38.3 Å². The molecule has 1 N–H and O–H groups in total. The number of rotatable bonds is 8. The number of ether oxygens (including phenoxy) is 7. The second-order valence-corrected chi connectivity index (χ2v) is 14.7. The summed E-state index contributed by atoms with van der Waals surface area (Å²) in [6.07, 6.45) is -7.91. The van der Waals surface area contributed by atoms with Crippen molar-refractivity contribution in [2.45, 2.75) is 123 Å². The van der Waals surface area contributed by atoms with Crippen LogP contribution >= 0.6 is 0 Å². The average Bonchev–Trinajstić information content (AvgIpc) is 3.26. The largest absolute Gasteiger partial charge is 0.462 e. The van der Waals surface area contributed by atoms with Gasteiger partial charge >= 0.3 is 35.8 Å². The summed E-state index contributed by atoms with van der Waals surface area (Å²) in [5.74, 6) is -5.73. The van der Waals surface area contributed by atoms with Gasteiger partial charge in [0.2, 0.25) is 0 Å². The van der Waals surface area contributed by atoms with Crippen molar-refractivity contribution in [3.05, 3.63) is 47.0 Å². The number of carbonyl (C=O) groups excluding carboxylic acids is 6. The van der Waals surface area contributed by atoms with Crippen molar-refractivity contribution in [2.75, 3.05) is 6.61 Å². The van der Waals surface area contributed by atoms with E-state index in [0.29, 0.717) is 5.57 Å². The molecular weight excluding hydrogens is 668 g/mol. The average molecular weight is 715 g/mol. The second kappa shape index (κ2) is 13.4. The van der Waals surface area contributed by atoms with Crippen LogP contribution in [0.25, 0.3) is 0 Å². The fraction of sp³-hybridized carbons (Fsp3) is 0.622. The summed E-state index contributed by atoms with van der Waals surface area (Å²) in [4.78, 5) is 78.9. The van der Waals surface area contributed by atoms with Crippen LogP contribution in [0, 0.1) is 16.7 Å². The second-order valence-electron chi connectivity index (χ2n) is 14.7. The Bertz CT molecular complexity index is 1640. The molecule has 10 atom stereocenters. The lowest BCUT2D eigenvalue weighted by molar-refractivity contribution is -0.352. The Labute approximate surface area is 296 Å². The number of fused-ring (bicyclic) bond motifs is 4. The van der Waals surface area contributed by atoms with Crippen LogP contribution in [0.3, 0.4) is 0 Å². The maximum absolute atomic E-state index is 14.1. The van der Waals surface area contributed by atoms with E-state index >= 15 is 0 Å². The predicted molar refractivity (Wildman–Crippen MR) is 174 cm³/mol. The Balaban J connectivity index is 1.96. The van der Waals surface area contributed by atoms with Gasteiger partial charge in [0.25, 0.3) is 0 Å². The van der Waals surface area contributed by atoms with Gasteiger partial charge in [-0.05, 0) is 44.1 Å². The fourth-order valence-corrected chi connectivity index (χ4v) is 9.28. The number of hydrogen-bond donors (Lipinski definition) is 1. The maximum atomic E-state index is 14.1. The third-order valence-electron chi connectivity index (χ3n) is 11.1. The van der Waals surface area contributed by atoms with Gasteiger partial charge in [0.1, 0.15) is 24.4 Å². The highest BCUT2D eigenvalue weighted by Crippen LogP contribution is 2.69.